The molecule has 0 aliphatic rings. The lowest BCUT2D eigenvalue weighted by molar-refractivity contribution is 0.340. The molecule has 1 N–H and O–H groups in total. The Bertz CT molecular complexity index is 597. The van der Waals surface area contributed by atoms with Gasteiger partial charge in [0.1, 0.15) is 11.6 Å². The van der Waals surface area contributed by atoms with E-state index in [1.165, 1.54) is 0 Å². The van der Waals surface area contributed by atoms with E-state index in [2.05, 4.69) is 15.3 Å². The van der Waals surface area contributed by atoms with Crippen molar-refractivity contribution in [2.45, 2.75) is 13.8 Å². The Labute approximate surface area is 110 Å². The normalized spacial score (nSPS) is 11.0. The molecular weight excluding hydrogens is 248 g/mol. The first-order chi connectivity index (χ1) is 8.70. The Balaban J connectivity index is 2.16. The quantitative estimate of drug-likeness (QED) is 0.680. The highest BCUT2D eigenvalue weighted by atomic mass is 32.1. The van der Waals surface area contributed by atoms with Gasteiger partial charge in [0.05, 0.1) is 12.8 Å². The molecule has 2 aromatic rings. The first-order valence-corrected chi connectivity index (χ1v) is 6.02. The molecule has 1 aromatic carbocycles. The molecule has 1 aromatic heterocycles. The van der Waals surface area contributed by atoms with Crippen molar-refractivity contribution in [1.29, 1.82) is 0 Å². The van der Waals surface area contributed by atoms with Crippen LogP contribution in [0.1, 0.15) is 18.3 Å². The number of hydrogen-bond acceptors (Lipinski definition) is 4. The maximum absolute atomic E-state index is 5.37. The number of ether oxygens (including phenoxy) is 1. The Kier molecular flexibility index (Phi) is 3.88. The highest BCUT2D eigenvalue weighted by Crippen LogP contribution is 2.10. The van der Waals surface area contributed by atoms with Crippen LogP contribution in [0, 0.1) is 11.7 Å². The van der Waals surface area contributed by atoms with E-state index < -0.39 is 0 Å². The molecule has 0 atom stereocenters. The number of aromatic nitrogens is 3. The summed E-state index contributed by atoms with van der Waals surface area (Å²) in [4.78, 5) is 0. The van der Waals surface area contributed by atoms with Crippen LogP contribution >= 0.6 is 12.2 Å². The van der Waals surface area contributed by atoms with E-state index in [0.29, 0.717) is 11.4 Å². The van der Waals surface area contributed by atoms with E-state index in [9.17, 15) is 0 Å². The number of hydrogen-bond donors (Lipinski definition) is 1. The van der Waals surface area contributed by atoms with Crippen LogP contribution in [0.2, 0.25) is 0 Å². The number of aromatic amines is 1. The number of nitrogens with one attached hydrogen (secondary N) is 1. The lowest BCUT2D eigenvalue weighted by atomic mass is 10.2. The third-order valence-corrected chi connectivity index (χ3v) is 2.59. The smallest absolute Gasteiger partial charge is 0.216 e. The molecule has 5 nitrogen and oxygen atoms in total. The second-order valence-corrected chi connectivity index (χ2v) is 4.02. The lowest BCUT2D eigenvalue weighted by Crippen LogP contribution is -1.94. The molecule has 0 saturated heterocycles. The van der Waals surface area contributed by atoms with Crippen molar-refractivity contribution in [2.75, 3.05) is 6.61 Å². The summed E-state index contributed by atoms with van der Waals surface area (Å²) in [7, 11) is 0. The minimum Gasteiger partial charge on any atom is -0.494 e. The average Bonchev–Trinajstić information content (AvgIpc) is 2.69. The van der Waals surface area contributed by atoms with Crippen LogP contribution in [0.5, 0.6) is 5.75 Å². The minimum atomic E-state index is 0.481. The predicted octanol–water partition coefficient (Wildman–Crippen LogP) is 2.53. The van der Waals surface area contributed by atoms with Gasteiger partial charge in [-0.2, -0.15) is 14.9 Å². The summed E-state index contributed by atoms with van der Waals surface area (Å²) in [5, 5.41) is 10.9. The van der Waals surface area contributed by atoms with Gasteiger partial charge in [-0.1, -0.05) is 0 Å². The molecule has 0 unspecified atom stereocenters. The van der Waals surface area contributed by atoms with Crippen LogP contribution in [0.25, 0.3) is 0 Å². The first kappa shape index (κ1) is 12.5. The molecule has 94 valence electrons. The van der Waals surface area contributed by atoms with Crippen LogP contribution in [-0.4, -0.2) is 27.7 Å². The number of nitrogens with zero attached hydrogens (tertiary/aromatic N) is 3. The zero-order valence-corrected chi connectivity index (χ0v) is 11.1. The van der Waals surface area contributed by atoms with Crippen molar-refractivity contribution >= 4 is 18.4 Å². The van der Waals surface area contributed by atoms with Crippen molar-refractivity contribution in [3.63, 3.8) is 0 Å². The van der Waals surface area contributed by atoms with Crippen molar-refractivity contribution in [2.24, 2.45) is 5.10 Å². The molecule has 6 heteroatoms. The standard InChI is InChI=1S/C12H14N4OS/c1-3-17-11-6-4-10(5-7-11)8-13-16-9(2)14-15-12(16)18/h4-8H,3H2,1-2H3,(H,15,18)/b13-8-. The molecule has 0 radical (unpaired) electrons. The second kappa shape index (κ2) is 5.59. The van der Waals surface area contributed by atoms with Crippen molar-refractivity contribution in [3.8, 4) is 5.75 Å². The van der Waals surface area contributed by atoms with E-state index in [1.54, 1.807) is 10.9 Å². The summed E-state index contributed by atoms with van der Waals surface area (Å²) in [6.07, 6.45) is 1.73. The minimum absolute atomic E-state index is 0.481. The Hall–Kier alpha value is -1.95. The highest BCUT2D eigenvalue weighted by molar-refractivity contribution is 7.71. The molecular formula is C12H14N4OS. The van der Waals surface area contributed by atoms with E-state index in [4.69, 9.17) is 17.0 Å². The Morgan fingerprint density at radius 1 is 1.44 bits per heavy atom. The fourth-order valence-corrected chi connectivity index (χ4v) is 1.67. The van der Waals surface area contributed by atoms with Crippen LogP contribution in [0.4, 0.5) is 0 Å². The van der Waals surface area contributed by atoms with Crippen LogP contribution < -0.4 is 4.74 Å². The molecule has 1 heterocycles. The summed E-state index contributed by atoms with van der Waals surface area (Å²) in [5.74, 6) is 1.58. The van der Waals surface area contributed by atoms with Gasteiger partial charge in [0.15, 0.2) is 0 Å². The SMILES string of the molecule is CCOc1ccc(/C=N\n2c(C)n[nH]c2=S)cc1. The third kappa shape index (κ3) is 2.84. The van der Waals surface area contributed by atoms with Gasteiger partial charge >= 0.3 is 0 Å². The van der Waals surface area contributed by atoms with Crippen molar-refractivity contribution in [1.82, 2.24) is 14.9 Å². The highest BCUT2D eigenvalue weighted by Gasteiger charge is 1.97. The summed E-state index contributed by atoms with van der Waals surface area (Å²) in [5.41, 5.74) is 0.973. The summed E-state index contributed by atoms with van der Waals surface area (Å²) in [6, 6.07) is 7.69. The van der Waals surface area contributed by atoms with E-state index in [1.807, 2.05) is 38.1 Å². The molecule has 0 saturated carbocycles. The fourth-order valence-electron chi connectivity index (χ4n) is 1.45. The van der Waals surface area contributed by atoms with Gasteiger partial charge in [0, 0.05) is 0 Å². The largest absolute Gasteiger partial charge is 0.494 e. The number of benzene rings is 1. The van der Waals surface area contributed by atoms with Gasteiger partial charge < -0.3 is 4.74 Å². The van der Waals surface area contributed by atoms with Gasteiger partial charge in [0.25, 0.3) is 0 Å². The predicted molar refractivity (Wildman–Crippen MR) is 72.8 cm³/mol. The maximum atomic E-state index is 5.37. The third-order valence-electron chi connectivity index (χ3n) is 2.33. The lowest BCUT2D eigenvalue weighted by Gasteiger charge is -2.02. The van der Waals surface area contributed by atoms with Gasteiger partial charge in [-0.05, 0) is 55.9 Å². The Morgan fingerprint density at radius 3 is 2.72 bits per heavy atom. The number of H-pyrrole nitrogens is 1. The first-order valence-electron chi connectivity index (χ1n) is 5.62. The van der Waals surface area contributed by atoms with Crippen molar-refractivity contribution < 1.29 is 4.74 Å². The van der Waals surface area contributed by atoms with Gasteiger partial charge in [0.2, 0.25) is 4.77 Å². The van der Waals surface area contributed by atoms with Crippen LogP contribution in [-0.2, 0) is 0 Å². The molecule has 0 aliphatic carbocycles. The topological polar surface area (TPSA) is 55.2 Å². The van der Waals surface area contributed by atoms with Crippen LogP contribution in [0.15, 0.2) is 29.4 Å². The van der Waals surface area contributed by atoms with Gasteiger partial charge in [-0.15, -0.1) is 0 Å². The molecule has 0 spiro atoms. The van der Waals surface area contributed by atoms with E-state index in [-0.39, 0.29) is 0 Å². The van der Waals surface area contributed by atoms with E-state index in [0.717, 1.165) is 17.1 Å². The number of aryl methyl sites for hydroxylation is 1. The van der Waals surface area contributed by atoms with Gasteiger partial charge in [-0.25, -0.2) is 0 Å². The molecule has 0 aliphatic heterocycles. The second-order valence-electron chi connectivity index (χ2n) is 3.63. The molecule has 0 bridgehead atoms. The molecule has 2 rings (SSSR count). The van der Waals surface area contributed by atoms with E-state index >= 15 is 0 Å². The maximum Gasteiger partial charge on any atom is 0.216 e. The summed E-state index contributed by atoms with van der Waals surface area (Å²) >= 11 is 5.05. The van der Waals surface area contributed by atoms with Crippen LogP contribution in [0.3, 0.4) is 0 Å². The molecule has 18 heavy (non-hydrogen) atoms. The van der Waals surface area contributed by atoms with Crippen molar-refractivity contribution in [3.05, 3.63) is 40.4 Å². The number of rotatable bonds is 4. The average molecular weight is 262 g/mol. The Morgan fingerprint density at radius 2 is 2.17 bits per heavy atom. The monoisotopic (exact) mass is 262 g/mol. The molecule has 0 amide bonds. The fraction of sp³-hybridized carbons (Fsp3) is 0.250. The summed E-state index contributed by atoms with van der Waals surface area (Å²) < 4.78 is 7.42. The zero-order valence-electron chi connectivity index (χ0n) is 10.3. The summed E-state index contributed by atoms with van der Waals surface area (Å²) in [6.45, 7) is 4.46. The zero-order chi connectivity index (χ0) is 13.0. The van der Waals surface area contributed by atoms with Gasteiger partial charge in [-0.3, -0.25) is 5.10 Å². The molecule has 0 fully saturated rings.